The van der Waals surface area contributed by atoms with Crippen LogP contribution < -0.4 is 0 Å². The summed E-state index contributed by atoms with van der Waals surface area (Å²) in [5.74, 6) is 1.91. The van der Waals surface area contributed by atoms with Crippen LogP contribution in [0.15, 0.2) is 0 Å². The van der Waals surface area contributed by atoms with E-state index < -0.39 is 0 Å². The molecule has 2 aliphatic carbocycles. The first-order valence-electron chi connectivity index (χ1n) is 4.73. The van der Waals surface area contributed by atoms with Crippen LogP contribution >= 0.6 is 0 Å². The third-order valence-corrected chi connectivity index (χ3v) is 4.03. The quantitative estimate of drug-likeness (QED) is 0.521. The summed E-state index contributed by atoms with van der Waals surface area (Å²) in [6.45, 7) is 4.46. The molecule has 1 heteroatoms. The monoisotopic (exact) mass is 152 g/mol. The molecule has 2 fully saturated rings. The molecule has 0 radical (unpaired) electrons. The van der Waals surface area contributed by atoms with Gasteiger partial charge in [-0.1, -0.05) is 20.3 Å². The maximum Gasteiger partial charge on any atom is 0.139 e. The van der Waals surface area contributed by atoms with Gasteiger partial charge in [-0.3, -0.25) is 4.79 Å². The second-order valence-electron chi connectivity index (χ2n) is 4.25. The van der Waals surface area contributed by atoms with Crippen molar-refractivity contribution in [3.05, 3.63) is 0 Å². The topological polar surface area (TPSA) is 17.1 Å². The molecule has 0 aromatic heterocycles. The van der Waals surface area contributed by atoms with Gasteiger partial charge in [0.05, 0.1) is 0 Å². The molecule has 0 saturated heterocycles. The molecule has 2 aliphatic rings. The lowest BCUT2D eigenvalue weighted by Crippen LogP contribution is -2.23. The highest BCUT2D eigenvalue weighted by atomic mass is 16.1. The number of rotatable bonds is 0. The van der Waals surface area contributed by atoms with Gasteiger partial charge in [0, 0.05) is 11.8 Å². The fourth-order valence-corrected chi connectivity index (χ4v) is 2.90. The zero-order valence-corrected chi connectivity index (χ0v) is 7.39. The molecule has 62 valence electrons. The van der Waals surface area contributed by atoms with Gasteiger partial charge < -0.3 is 0 Å². The number of hydrogen-bond acceptors (Lipinski definition) is 1. The molecule has 3 atom stereocenters. The lowest BCUT2D eigenvalue weighted by molar-refractivity contribution is -0.127. The summed E-state index contributed by atoms with van der Waals surface area (Å²) in [6.07, 6.45) is 4.45. The van der Waals surface area contributed by atoms with E-state index in [-0.39, 0.29) is 5.41 Å². The van der Waals surface area contributed by atoms with E-state index in [9.17, 15) is 4.79 Å². The summed E-state index contributed by atoms with van der Waals surface area (Å²) >= 11 is 0. The Balaban J connectivity index is 2.19. The van der Waals surface area contributed by atoms with Crippen molar-refractivity contribution in [2.24, 2.45) is 17.3 Å². The van der Waals surface area contributed by atoms with Gasteiger partial charge in [0.2, 0.25) is 0 Å². The average molecular weight is 152 g/mol. The first-order chi connectivity index (χ1) is 5.19. The van der Waals surface area contributed by atoms with Crippen molar-refractivity contribution in [3.8, 4) is 0 Å². The lowest BCUT2D eigenvalue weighted by Gasteiger charge is -2.21. The third-order valence-electron chi connectivity index (χ3n) is 4.03. The Morgan fingerprint density at radius 1 is 1.27 bits per heavy atom. The Labute approximate surface area is 68.2 Å². The number of hydrogen-bond donors (Lipinski definition) is 0. The van der Waals surface area contributed by atoms with E-state index in [0.29, 0.717) is 17.6 Å². The molecule has 1 spiro atoms. The number of carbonyl (C=O) groups is 1. The number of ketones is 1. The Morgan fingerprint density at radius 2 is 1.91 bits per heavy atom. The normalized spacial score (nSPS) is 49.8. The van der Waals surface area contributed by atoms with Crippen LogP contribution in [0.2, 0.25) is 0 Å². The predicted molar refractivity (Wildman–Crippen MR) is 44.2 cm³/mol. The molecular formula is C10H16O. The zero-order chi connectivity index (χ0) is 8.06. The summed E-state index contributed by atoms with van der Waals surface area (Å²) in [5.41, 5.74) is 0.165. The molecule has 2 saturated carbocycles. The molecule has 0 amide bonds. The van der Waals surface area contributed by atoms with E-state index in [0.717, 1.165) is 12.8 Å². The maximum absolute atomic E-state index is 11.6. The number of Topliss-reactive ketones (excluding diaryl/α,β-unsaturated/α-hetero) is 1. The highest BCUT2D eigenvalue weighted by molar-refractivity contribution is 5.89. The van der Waals surface area contributed by atoms with Crippen LogP contribution in [0.3, 0.4) is 0 Å². The van der Waals surface area contributed by atoms with Gasteiger partial charge in [-0.05, 0) is 24.7 Å². The van der Waals surface area contributed by atoms with Crippen LogP contribution in [0.5, 0.6) is 0 Å². The van der Waals surface area contributed by atoms with E-state index in [2.05, 4.69) is 13.8 Å². The Hall–Kier alpha value is -0.330. The van der Waals surface area contributed by atoms with Gasteiger partial charge in [0.1, 0.15) is 5.78 Å². The first kappa shape index (κ1) is 7.33. The van der Waals surface area contributed by atoms with Gasteiger partial charge in [-0.15, -0.1) is 0 Å². The molecule has 11 heavy (non-hydrogen) atoms. The lowest BCUT2D eigenvalue weighted by atomic mass is 9.82. The molecule has 0 heterocycles. The van der Waals surface area contributed by atoms with Crippen molar-refractivity contribution in [2.45, 2.75) is 39.5 Å². The highest BCUT2D eigenvalue weighted by Gasteiger charge is 2.63. The molecule has 2 rings (SSSR count). The van der Waals surface area contributed by atoms with E-state index in [1.54, 1.807) is 0 Å². The predicted octanol–water partition coefficient (Wildman–Crippen LogP) is 2.40. The minimum atomic E-state index is 0.165. The average Bonchev–Trinajstić information content (AvgIpc) is 2.50. The van der Waals surface area contributed by atoms with Gasteiger partial charge in [-0.2, -0.15) is 0 Å². The van der Waals surface area contributed by atoms with Crippen molar-refractivity contribution >= 4 is 5.78 Å². The van der Waals surface area contributed by atoms with Crippen LogP contribution in [-0.4, -0.2) is 5.78 Å². The molecule has 0 N–H and O–H groups in total. The van der Waals surface area contributed by atoms with Crippen molar-refractivity contribution in [2.75, 3.05) is 0 Å². The van der Waals surface area contributed by atoms with Gasteiger partial charge in [0.25, 0.3) is 0 Å². The van der Waals surface area contributed by atoms with Crippen molar-refractivity contribution in [1.82, 2.24) is 0 Å². The molecule has 1 unspecified atom stereocenters. The minimum Gasteiger partial charge on any atom is -0.299 e. The first-order valence-corrected chi connectivity index (χ1v) is 4.73. The molecule has 0 bridgehead atoms. The van der Waals surface area contributed by atoms with E-state index in [1.165, 1.54) is 12.8 Å². The van der Waals surface area contributed by atoms with Crippen LogP contribution in [0.1, 0.15) is 39.5 Å². The van der Waals surface area contributed by atoms with E-state index >= 15 is 0 Å². The molecule has 0 aromatic rings. The maximum atomic E-state index is 11.6. The fourth-order valence-electron chi connectivity index (χ4n) is 2.90. The molecular weight excluding hydrogens is 136 g/mol. The van der Waals surface area contributed by atoms with Gasteiger partial charge >= 0.3 is 0 Å². The zero-order valence-electron chi connectivity index (χ0n) is 7.39. The molecule has 0 aromatic carbocycles. The summed E-state index contributed by atoms with van der Waals surface area (Å²) < 4.78 is 0. The standard InChI is InChI=1S/C10H16O/c1-7-8(2)10(7)6-4-3-5-9(10)11/h7-8H,3-6H2,1-2H3/t7-,8+,10?. The van der Waals surface area contributed by atoms with Gasteiger partial charge in [0.15, 0.2) is 0 Å². The van der Waals surface area contributed by atoms with Crippen molar-refractivity contribution in [1.29, 1.82) is 0 Å². The summed E-state index contributed by atoms with van der Waals surface area (Å²) in [6, 6.07) is 0. The molecule has 0 aliphatic heterocycles. The van der Waals surface area contributed by atoms with Crippen LogP contribution in [0.4, 0.5) is 0 Å². The largest absolute Gasteiger partial charge is 0.299 e. The molecule has 1 nitrogen and oxygen atoms in total. The second kappa shape index (κ2) is 2.09. The Morgan fingerprint density at radius 3 is 2.27 bits per heavy atom. The van der Waals surface area contributed by atoms with Gasteiger partial charge in [-0.25, -0.2) is 0 Å². The van der Waals surface area contributed by atoms with Crippen molar-refractivity contribution in [3.63, 3.8) is 0 Å². The summed E-state index contributed by atoms with van der Waals surface area (Å²) in [5, 5.41) is 0. The fraction of sp³-hybridized carbons (Fsp3) is 0.900. The highest BCUT2D eigenvalue weighted by Crippen LogP contribution is 2.63. The van der Waals surface area contributed by atoms with Crippen LogP contribution in [-0.2, 0) is 4.79 Å². The second-order valence-corrected chi connectivity index (χ2v) is 4.25. The Kier molecular flexibility index (Phi) is 1.39. The SMILES string of the molecule is C[C@@H]1[C@H](C)C12CCCCC2=O. The van der Waals surface area contributed by atoms with Crippen LogP contribution in [0, 0.1) is 17.3 Å². The third kappa shape index (κ3) is 0.743. The summed E-state index contributed by atoms with van der Waals surface area (Å²) in [7, 11) is 0. The minimum absolute atomic E-state index is 0.165. The smallest absolute Gasteiger partial charge is 0.139 e. The van der Waals surface area contributed by atoms with Crippen LogP contribution in [0.25, 0.3) is 0 Å². The number of carbonyl (C=O) groups excluding carboxylic acids is 1. The van der Waals surface area contributed by atoms with Crippen molar-refractivity contribution < 1.29 is 4.79 Å². The summed E-state index contributed by atoms with van der Waals surface area (Å²) in [4.78, 5) is 11.6. The van der Waals surface area contributed by atoms with E-state index in [4.69, 9.17) is 0 Å². The Bertz CT molecular complexity index is 187. The van der Waals surface area contributed by atoms with E-state index in [1.807, 2.05) is 0 Å².